The van der Waals surface area contributed by atoms with Crippen molar-refractivity contribution in [2.45, 2.75) is 26.2 Å². The Balaban J connectivity index is 1.72. The molecule has 166 valence electrons. The van der Waals surface area contributed by atoms with Gasteiger partial charge in [0.15, 0.2) is 0 Å². The van der Waals surface area contributed by atoms with Crippen LogP contribution >= 0.6 is 11.6 Å². The van der Waals surface area contributed by atoms with E-state index in [-0.39, 0.29) is 22.8 Å². The molecule has 0 aliphatic carbocycles. The molecule has 0 saturated carbocycles. The number of anilines is 4. The summed E-state index contributed by atoms with van der Waals surface area (Å²) in [6.07, 6.45) is 1.32. The molecule has 10 nitrogen and oxygen atoms in total. The lowest BCUT2D eigenvalue weighted by atomic mass is 9.91. The van der Waals surface area contributed by atoms with Gasteiger partial charge in [0.1, 0.15) is 17.2 Å². The van der Waals surface area contributed by atoms with Crippen molar-refractivity contribution in [3.8, 4) is 5.75 Å². The average molecular weight is 460 g/mol. The number of aromatic nitrogens is 4. The van der Waals surface area contributed by atoms with Gasteiger partial charge >= 0.3 is 5.69 Å². The van der Waals surface area contributed by atoms with Crippen molar-refractivity contribution in [2.75, 3.05) is 23.9 Å². The third kappa shape index (κ3) is 3.75. The molecule has 1 N–H and O–H groups in total. The first-order valence-corrected chi connectivity index (χ1v) is 9.91. The number of ether oxygens (including phenoxy) is 1. The summed E-state index contributed by atoms with van der Waals surface area (Å²) in [5.74, 6) is -0.476. The normalized spacial score (nSPS) is 14.2. The van der Waals surface area contributed by atoms with Crippen LogP contribution in [0.25, 0.3) is 0 Å². The molecule has 2 aromatic heterocycles. The first kappa shape index (κ1) is 21.6. The van der Waals surface area contributed by atoms with Gasteiger partial charge in [-0.2, -0.15) is 9.37 Å². The largest absolute Gasteiger partial charge is 0.494 e. The Bertz CT molecular complexity index is 1240. The Morgan fingerprint density at radius 1 is 1.28 bits per heavy atom. The van der Waals surface area contributed by atoms with Crippen LogP contribution in [0.15, 0.2) is 24.5 Å². The minimum Gasteiger partial charge on any atom is -0.494 e. The van der Waals surface area contributed by atoms with Crippen molar-refractivity contribution in [3.63, 3.8) is 0 Å². The minimum absolute atomic E-state index is 0.0668. The Morgan fingerprint density at radius 2 is 2.03 bits per heavy atom. The fraction of sp³-hybridized carbons (Fsp3) is 0.300. The highest BCUT2D eigenvalue weighted by Gasteiger charge is 2.39. The van der Waals surface area contributed by atoms with E-state index in [4.69, 9.17) is 16.3 Å². The highest BCUT2D eigenvalue weighted by Crippen LogP contribution is 2.43. The topological polar surface area (TPSA) is 119 Å². The predicted molar refractivity (Wildman–Crippen MR) is 117 cm³/mol. The van der Waals surface area contributed by atoms with E-state index in [2.05, 4.69) is 25.3 Å². The van der Waals surface area contributed by atoms with Crippen LogP contribution in [0, 0.1) is 22.9 Å². The number of halogens is 2. The van der Waals surface area contributed by atoms with Gasteiger partial charge in [0.2, 0.25) is 17.7 Å². The number of nitro benzene ring substituents is 1. The molecule has 3 heterocycles. The second kappa shape index (κ2) is 7.83. The maximum absolute atomic E-state index is 13.9. The number of methoxy groups -OCH3 is 1. The number of nitrogens with one attached hydrogen (secondary N) is 1. The highest BCUT2D eigenvalue weighted by atomic mass is 35.5. The molecular formula is C20H19ClFN7O3. The van der Waals surface area contributed by atoms with Crippen LogP contribution in [0.2, 0.25) is 5.15 Å². The van der Waals surface area contributed by atoms with E-state index in [1.54, 1.807) is 0 Å². The van der Waals surface area contributed by atoms with E-state index in [1.165, 1.54) is 13.4 Å². The van der Waals surface area contributed by atoms with E-state index in [1.807, 2.05) is 31.7 Å². The summed E-state index contributed by atoms with van der Waals surface area (Å²) in [5, 5.41) is 14.4. The average Bonchev–Trinajstić information content (AvgIpc) is 2.99. The first-order chi connectivity index (χ1) is 15.1. The second-order valence-electron chi connectivity index (χ2n) is 7.93. The quantitative estimate of drug-likeness (QED) is 0.335. The molecule has 0 unspecified atom stereocenters. The third-order valence-electron chi connectivity index (χ3n) is 5.13. The van der Waals surface area contributed by atoms with Crippen molar-refractivity contribution >= 4 is 40.6 Å². The number of hydrogen-bond acceptors (Lipinski definition) is 9. The number of fused-ring (bicyclic) bond motifs is 1. The standard InChI is InChI=1S/C20H19ClFN7O3/c1-10-5-14-16(26-17(10)21)20(2,3)8-28(14)19-24-9-23-18(27-19)25-12-7-13(29(30)31)11(22)6-15(12)32-4/h5-7,9H,8H2,1-4H3,(H,23,24,25,27). The molecule has 0 atom stereocenters. The number of hydrogen-bond donors (Lipinski definition) is 1. The zero-order valence-corrected chi connectivity index (χ0v) is 18.4. The van der Waals surface area contributed by atoms with Crippen LogP contribution in [-0.4, -0.2) is 38.5 Å². The molecule has 0 radical (unpaired) electrons. The molecule has 0 amide bonds. The summed E-state index contributed by atoms with van der Waals surface area (Å²) in [6, 6.07) is 3.89. The Morgan fingerprint density at radius 3 is 2.72 bits per heavy atom. The van der Waals surface area contributed by atoms with Gasteiger partial charge in [0.05, 0.1) is 29.1 Å². The van der Waals surface area contributed by atoms with Crippen LogP contribution in [-0.2, 0) is 5.41 Å². The molecule has 1 aliphatic heterocycles. The summed E-state index contributed by atoms with van der Waals surface area (Å²) in [4.78, 5) is 29.6. The second-order valence-corrected chi connectivity index (χ2v) is 8.29. The molecule has 0 bridgehead atoms. The molecule has 0 spiro atoms. The predicted octanol–water partition coefficient (Wildman–Crippen LogP) is 4.46. The summed E-state index contributed by atoms with van der Waals surface area (Å²) in [6.45, 7) is 6.53. The van der Waals surface area contributed by atoms with E-state index in [0.29, 0.717) is 17.6 Å². The van der Waals surface area contributed by atoms with E-state index in [9.17, 15) is 14.5 Å². The first-order valence-electron chi connectivity index (χ1n) is 9.54. The van der Waals surface area contributed by atoms with Crippen molar-refractivity contribution in [3.05, 3.63) is 56.9 Å². The number of aryl methyl sites for hydroxylation is 1. The van der Waals surface area contributed by atoms with Crippen molar-refractivity contribution in [1.29, 1.82) is 0 Å². The smallest absolute Gasteiger partial charge is 0.307 e. The van der Waals surface area contributed by atoms with Gasteiger partial charge in [-0.25, -0.2) is 15.0 Å². The SMILES string of the molecule is COc1cc(F)c([N+](=O)[O-])cc1Nc1ncnc(N2CC(C)(C)c3nc(Cl)c(C)cc32)n1. The molecule has 1 aromatic carbocycles. The fourth-order valence-electron chi connectivity index (χ4n) is 3.56. The number of rotatable bonds is 5. The third-order valence-corrected chi connectivity index (χ3v) is 5.51. The molecule has 4 rings (SSSR count). The van der Waals surface area contributed by atoms with Crippen molar-refractivity contribution in [1.82, 2.24) is 19.9 Å². The molecule has 3 aromatic rings. The van der Waals surface area contributed by atoms with Gasteiger partial charge in [0, 0.05) is 24.1 Å². The molecule has 32 heavy (non-hydrogen) atoms. The summed E-state index contributed by atoms with van der Waals surface area (Å²) < 4.78 is 19.1. The number of nitro groups is 1. The zero-order valence-electron chi connectivity index (χ0n) is 17.7. The van der Waals surface area contributed by atoms with Gasteiger partial charge in [-0.05, 0) is 18.6 Å². The van der Waals surface area contributed by atoms with E-state index in [0.717, 1.165) is 29.1 Å². The molecule has 0 fully saturated rings. The molecule has 1 aliphatic rings. The van der Waals surface area contributed by atoms with Crippen LogP contribution in [0.3, 0.4) is 0 Å². The van der Waals surface area contributed by atoms with Gasteiger partial charge in [-0.15, -0.1) is 0 Å². The van der Waals surface area contributed by atoms with E-state index < -0.39 is 16.4 Å². The molecule has 12 heteroatoms. The molecule has 0 saturated heterocycles. The number of benzene rings is 1. The lowest BCUT2D eigenvalue weighted by Crippen LogP contribution is -2.26. The lowest BCUT2D eigenvalue weighted by molar-refractivity contribution is -0.387. The minimum atomic E-state index is -1.01. The highest BCUT2D eigenvalue weighted by molar-refractivity contribution is 6.30. The fourth-order valence-corrected chi connectivity index (χ4v) is 3.70. The van der Waals surface area contributed by atoms with Gasteiger partial charge < -0.3 is 15.0 Å². The van der Waals surface area contributed by atoms with Crippen LogP contribution < -0.4 is 15.0 Å². The summed E-state index contributed by atoms with van der Waals surface area (Å²) >= 11 is 6.24. The number of nitrogens with zero attached hydrogens (tertiary/aromatic N) is 6. The number of pyridine rings is 1. The Hall–Kier alpha value is -3.60. The zero-order chi connectivity index (χ0) is 23.2. The summed E-state index contributed by atoms with van der Waals surface area (Å²) in [5.41, 5.74) is 1.64. The van der Waals surface area contributed by atoms with E-state index >= 15 is 0 Å². The van der Waals surface area contributed by atoms with Gasteiger partial charge in [-0.1, -0.05) is 25.4 Å². The lowest BCUT2D eigenvalue weighted by Gasteiger charge is -2.20. The van der Waals surface area contributed by atoms with Gasteiger partial charge in [-0.3, -0.25) is 10.1 Å². The van der Waals surface area contributed by atoms with Crippen LogP contribution in [0.4, 0.5) is 33.3 Å². The Kier molecular flexibility index (Phi) is 5.29. The van der Waals surface area contributed by atoms with Crippen LogP contribution in [0.1, 0.15) is 25.1 Å². The van der Waals surface area contributed by atoms with Crippen molar-refractivity contribution in [2.24, 2.45) is 0 Å². The monoisotopic (exact) mass is 459 g/mol. The molecular weight excluding hydrogens is 441 g/mol. The maximum Gasteiger partial charge on any atom is 0.307 e. The van der Waals surface area contributed by atoms with Crippen LogP contribution in [0.5, 0.6) is 5.75 Å². The summed E-state index contributed by atoms with van der Waals surface area (Å²) in [7, 11) is 1.33. The Labute approximate surface area is 187 Å². The van der Waals surface area contributed by atoms with Gasteiger partial charge in [0.25, 0.3) is 0 Å². The maximum atomic E-state index is 13.9. The van der Waals surface area contributed by atoms with Crippen molar-refractivity contribution < 1.29 is 14.1 Å².